The summed E-state index contributed by atoms with van der Waals surface area (Å²) in [7, 11) is 0. The van der Waals surface area contributed by atoms with Crippen LogP contribution in [0.2, 0.25) is 0 Å². The lowest BCUT2D eigenvalue weighted by Crippen LogP contribution is -2.23. The van der Waals surface area contributed by atoms with Crippen molar-refractivity contribution in [3.63, 3.8) is 0 Å². The molecule has 1 fully saturated rings. The Hall–Kier alpha value is -0.820. The summed E-state index contributed by atoms with van der Waals surface area (Å²) in [5, 5.41) is 9.41. The molecule has 0 aliphatic heterocycles. The highest BCUT2D eigenvalue weighted by Crippen LogP contribution is 2.39. The molecule has 0 amide bonds. The van der Waals surface area contributed by atoms with Gasteiger partial charge in [-0.05, 0) is 31.2 Å². The summed E-state index contributed by atoms with van der Waals surface area (Å²) in [5.74, 6) is 1.10. The van der Waals surface area contributed by atoms with E-state index in [0.717, 1.165) is 5.92 Å². The summed E-state index contributed by atoms with van der Waals surface area (Å²) in [4.78, 5) is 0. The highest BCUT2D eigenvalue weighted by Gasteiger charge is 2.27. The zero-order valence-corrected chi connectivity index (χ0v) is 8.74. The topological polar surface area (TPSA) is 20.2 Å². The van der Waals surface area contributed by atoms with Gasteiger partial charge in [0.25, 0.3) is 0 Å². The van der Waals surface area contributed by atoms with Crippen LogP contribution >= 0.6 is 0 Å². The fraction of sp³-hybridized carbons (Fsp3) is 0.538. The largest absolute Gasteiger partial charge is 0.396 e. The molecule has 14 heavy (non-hydrogen) atoms. The molecule has 0 radical (unpaired) electrons. The normalized spacial score (nSPS) is 19.0. The van der Waals surface area contributed by atoms with E-state index in [9.17, 15) is 5.11 Å². The number of hydrogen-bond donors (Lipinski definition) is 1. The maximum absolute atomic E-state index is 9.41. The minimum absolute atomic E-state index is 0.300. The quantitative estimate of drug-likeness (QED) is 0.777. The van der Waals surface area contributed by atoms with Gasteiger partial charge in [-0.25, -0.2) is 0 Å². The van der Waals surface area contributed by atoms with Crippen molar-refractivity contribution in [2.75, 3.05) is 6.61 Å². The summed E-state index contributed by atoms with van der Waals surface area (Å²) in [5.41, 5.74) is 2.61. The third kappa shape index (κ3) is 1.83. The summed E-state index contributed by atoms with van der Waals surface area (Å²) in [6.45, 7) is 2.41. The molecule has 1 atom stereocenters. The molecule has 1 aliphatic rings. The highest BCUT2D eigenvalue weighted by atomic mass is 16.3. The van der Waals surface area contributed by atoms with Gasteiger partial charge in [0, 0.05) is 5.92 Å². The third-order valence-electron chi connectivity index (χ3n) is 3.39. The van der Waals surface area contributed by atoms with E-state index in [0.29, 0.717) is 12.5 Å². The molecule has 1 aromatic carbocycles. The van der Waals surface area contributed by atoms with E-state index in [4.69, 9.17) is 0 Å². The van der Waals surface area contributed by atoms with E-state index >= 15 is 0 Å². The molecular formula is C13H18O. The first-order chi connectivity index (χ1) is 6.81. The van der Waals surface area contributed by atoms with Crippen LogP contribution in [0.3, 0.4) is 0 Å². The lowest BCUT2D eigenvalue weighted by Gasteiger charge is -2.33. The molecule has 0 heterocycles. The Morgan fingerprint density at radius 1 is 1.43 bits per heavy atom. The van der Waals surface area contributed by atoms with Crippen molar-refractivity contribution in [3.05, 3.63) is 35.4 Å². The Morgan fingerprint density at radius 2 is 2.21 bits per heavy atom. The van der Waals surface area contributed by atoms with Crippen LogP contribution in [-0.4, -0.2) is 11.7 Å². The number of rotatable bonds is 3. The fourth-order valence-corrected chi connectivity index (χ4v) is 2.27. The maximum Gasteiger partial charge on any atom is 0.0502 e. The second-order valence-corrected chi connectivity index (χ2v) is 4.39. The van der Waals surface area contributed by atoms with Gasteiger partial charge in [0.2, 0.25) is 0 Å². The molecular weight excluding hydrogens is 172 g/mol. The molecule has 0 bridgehead atoms. The Kier molecular flexibility index (Phi) is 2.87. The van der Waals surface area contributed by atoms with Crippen LogP contribution in [0.4, 0.5) is 0 Å². The number of aliphatic hydroxyl groups excluding tert-OH is 1. The third-order valence-corrected chi connectivity index (χ3v) is 3.39. The zero-order valence-electron chi connectivity index (χ0n) is 8.74. The van der Waals surface area contributed by atoms with E-state index in [1.807, 2.05) is 0 Å². The minimum atomic E-state index is 0.300. The first-order valence-corrected chi connectivity index (χ1v) is 5.48. The summed E-state index contributed by atoms with van der Waals surface area (Å²) < 4.78 is 0. The van der Waals surface area contributed by atoms with Gasteiger partial charge in [0.15, 0.2) is 0 Å². The van der Waals surface area contributed by atoms with Gasteiger partial charge < -0.3 is 5.11 Å². The molecule has 0 aromatic heterocycles. The molecule has 1 N–H and O–H groups in total. The van der Waals surface area contributed by atoms with Gasteiger partial charge in [-0.15, -0.1) is 0 Å². The van der Waals surface area contributed by atoms with E-state index in [1.54, 1.807) is 0 Å². The van der Waals surface area contributed by atoms with E-state index in [2.05, 4.69) is 31.2 Å². The number of aliphatic hydroxyl groups is 1. The standard InChI is InChI=1S/C13H18O/c1-10-4-2-7-12(8-10)13(9-14)11-5-3-6-11/h2,4,7-8,11,13-14H,3,5-6,9H2,1H3. The Balaban J connectivity index is 2.17. The van der Waals surface area contributed by atoms with Crippen LogP contribution in [-0.2, 0) is 0 Å². The predicted octanol–water partition coefficient (Wildman–Crippen LogP) is 2.87. The second-order valence-electron chi connectivity index (χ2n) is 4.39. The van der Waals surface area contributed by atoms with Crippen LogP contribution in [0, 0.1) is 12.8 Å². The Labute approximate surface area is 85.8 Å². The van der Waals surface area contributed by atoms with Crippen LogP contribution < -0.4 is 0 Å². The lowest BCUT2D eigenvalue weighted by molar-refractivity contribution is 0.173. The Bertz CT molecular complexity index is 302. The minimum Gasteiger partial charge on any atom is -0.396 e. The summed E-state index contributed by atoms with van der Waals surface area (Å²) in [6, 6.07) is 8.55. The second kappa shape index (κ2) is 4.14. The summed E-state index contributed by atoms with van der Waals surface area (Å²) in [6.07, 6.45) is 3.92. The molecule has 76 valence electrons. The van der Waals surface area contributed by atoms with Gasteiger partial charge in [-0.1, -0.05) is 36.2 Å². The molecule has 0 saturated heterocycles. The molecule has 1 saturated carbocycles. The molecule has 0 spiro atoms. The van der Waals surface area contributed by atoms with Crippen LogP contribution in [0.1, 0.15) is 36.3 Å². The van der Waals surface area contributed by atoms with Gasteiger partial charge in [0.1, 0.15) is 0 Å². The smallest absolute Gasteiger partial charge is 0.0502 e. The molecule has 1 aliphatic carbocycles. The van der Waals surface area contributed by atoms with Crippen molar-refractivity contribution in [2.45, 2.75) is 32.1 Å². The van der Waals surface area contributed by atoms with Crippen molar-refractivity contribution >= 4 is 0 Å². The van der Waals surface area contributed by atoms with Crippen molar-refractivity contribution in [3.8, 4) is 0 Å². The number of aryl methyl sites for hydroxylation is 1. The monoisotopic (exact) mass is 190 g/mol. The fourth-order valence-electron chi connectivity index (χ4n) is 2.27. The van der Waals surface area contributed by atoms with Gasteiger partial charge in [0.05, 0.1) is 6.61 Å². The first kappa shape index (κ1) is 9.72. The molecule has 1 unspecified atom stereocenters. The zero-order chi connectivity index (χ0) is 9.97. The average molecular weight is 190 g/mol. The van der Waals surface area contributed by atoms with Crippen molar-refractivity contribution in [1.29, 1.82) is 0 Å². The molecule has 2 rings (SSSR count). The average Bonchev–Trinajstić information content (AvgIpc) is 2.10. The van der Waals surface area contributed by atoms with Crippen molar-refractivity contribution < 1.29 is 5.11 Å². The number of hydrogen-bond acceptors (Lipinski definition) is 1. The van der Waals surface area contributed by atoms with Crippen LogP contribution in [0.5, 0.6) is 0 Å². The van der Waals surface area contributed by atoms with E-state index in [-0.39, 0.29) is 0 Å². The molecule has 1 nitrogen and oxygen atoms in total. The van der Waals surface area contributed by atoms with Crippen molar-refractivity contribution in [2.24, 2.45) is 5.92 Å². The van der Waals surface area contributed by atoms with E-state index < -0.39 is 0 Å². The SMILES string of the molecule is Cc1cccc(C(CO)C2CCC2)c1. The molecule has 1 aromatic rings. The number of benzene rings is 1. The van der Waals surface area contributed by atoms with Crippen LogP contribution in [0.25, 0.3) is 0 Å². The van der Waals surface area contributed by atoms with Gasteiger partial charge in [-0.3, -0.25) is 0 Å². The van der Waals surface area contributed by atoms with Gasteiger partial charge in [-0.2, -0.15) is 0 Å². The molecule has 1 heteroatoms. The maximum atomic E-state index is 9.41. The Morgan fingerprint density at radius 3 is 2.71 bits per heavy atom. The summed E-state index contributed by atoms with van der Waals surface area (Å²) >= 11 is 0. The van der Waals surface area contributed by atoms with Gasteiger partial charge >= 0.3 is 0 Å². The highest BCUT2D eigenvalue weighted by molar-refractivity contribution is 5.26. The lowest BCUT2D eigenvalue weighted by atomic mass is 9.73. The van der Waals surface area contributed by atoms with E-state index in [1.165, 1.54) is 30.4 Å². The predicted molar refractivity (Wildman–Crippen MR) is 58.3 cm³/mol. The van der Waals surface area contributed by atoms with Crippen molar-refractivity contribution in [1.82, 2.24) is 0 Å². The van der Waals surface area contributed by atoms with Crippen LogP contribution in [0.15, 0.2) is 24.3 Å². The first-order valence-electron chi connectivity index (χ1n) is 5.48.